The molecule has 0 saturated carbocycles. The summed E-state index contributed by atoms with van der Waals surface area (Å²) in [5, 5.41) is 10.1. The van der Waals surface area contributed by atoms with Gasteiger partial charge in [-0.1, -0.05) is 11.6 Å². The van der Waals surface area contributed by atoms with Crippen LogP contribution in [0.3, 0.4) is 0 Å². The Kier molecular flexibility index (Phi) is 4.38. The van der Waals surface area contributed by atoms with Crippen LogP contribution in [0.25, 0.3) is 0 Å². The second-order valence-corrected chi connectivity index (χ2v) is 7.03. The van der Waals surface area contributed by atoms with Gasteiger partial charge in [-0.05, 0) is 31.7 Å². The molecular weight excluding hydrogens is 286 g/mol. The molecule has 5 nitrogen and oxygen atoms in total. The van der Waals surface area contributed by atoms with Crippen molar-refractivity contribution in [1.29, 1.82) is 0 Å². The van der Waals surface area contributed by atoms with E-state index in [-0.39, 0.29) is 9.77 Å². The van der Waals surface area contributed by atoms with Crippen LogP contribution in [0.15, 0.2) is 28.0 Å². The van der Waals surface area contributed by atoms with Crippen molar-refractivity contribution in [2.75, 3.05) is 6.54 Å². The first kappa shape index (κ1) is 14.2. The van der Waals surface area contributed by atoms with Crippen LogP contribution >= 0.6 is 11.3 Å². The van der Waals surface area contributed by atoms with Gasteiger partial charge in [0.2, 0.25) is 10.0 Å². The Labute approximate surface area is 116 Å². The number of hydrogen-bond acceptors (Lipinski definition) is 4. The number of sulfonamides is 1. The monoisotopic (exact) mass is 301 g/mol. The smallest absolute Gasteiger partial charge is 0.345 e. The van der Waals surface area contributed by atoms with E-state index in [9.17, 15) is 13.2 Å². The Morgan fingerprint density at radius 2 is 2.26 bits per heavy atom. The number of nitrogens with one attached hydrogen (secondary N) is 1. The average Bonchev–Trinajstić information content (AvgIpc) is 2.99. The molecule has 2 N–H and O–H groups in total. The molecule has 104 valence electrons. The van der Waals surface area contributed by atoms with E-state index in [1.807, 2.05) is 0 Å². The number of allylic oxidation sites excluding steroid dienone is 1. The molecule has 0 amide bonds. The van der Waals surface area contributed by atoms with Gasteiger partial charge in [0.25, 0.3) is 0 Å². The van der Waals surface area contributed by atoms with Gasteiger partial charge >= 0.3 is 5.97 Å². The topological polar surface area (TPSA) is 83.5 Å². The Bertz CT molecular complexity index is 601. The molecule has 0 aromatic carbocycles. The molecule has 0 unspecified atom stereocenters. The van der Waals surface area contributed by atoms with Crippen LogP contribution in [0.2, 0.25) is 0 Å². The highest BCUT2D eigenvalue weighted by atomic mass is 32.2. The van der Waals surface area contributed by atoms with Crippen LogP contribution in [-0.2, 0) is 10.0 Å². The lowest BCUT2D eigenvalue weighted by molar-refractivity contribution is 0.0702. The third kappa shape index (κ3) is 3.65. The summed E-state index contributed by atoms with van der Waals surface area (Å²) in [5.41, 5.74) is 1.29. The van der Waals surface area contributed by atoms with E-state index < -0.39 is 16.0 Å². The summed E-state index contributed by atoms with van der Waals surface area (Å²) in [7, 11) is -3.59. The zero-order valence-electron chi connectivity index (χ0n) is 10.3. The number of thiophene rings is 1. The predicted molar refractivity (Wildman–Crippen MR) is 73.0 cm³/mol. The van der Waals surface area contributed by atoms with Crippen LogP contribution in [0.1, 0.15) is 35.4 Å². The van der Waals surface area contributed by atoms with Crippen molar-refractivity contribution in [2.24, 2.45) is 0 Å². The molecule has 0 saturated heterocycles. The van der Waals surface area contributed by atoms with Crippen LogP contribution in [-0.4, -0.2) is 26.0 Å². The van der Waals surface area contributed by atoms with Gasteiger partial charge in [-0.25, -0.2) is 17.9 Å². The van der Waals surface area contributed by atoms with Gasteiger partial charge in [-0.2, -0.15) is 0 Å². The molecule has 0 aliphatic heterocycles. The van der Waals surface area contributed by atoms with Gasteiger partial charge in [-0.15, -0.1) is 11.3 Å². The molecule has 0 fully saturated rings. The van der Waals surface area contributed by atoms with Crippen LogP contribution in [0.5, 0.6) is 0 Å². The van der Waals surface area contributed by atoms with Gasteiger partial charge in [0.1, 0.15) is 4.88 Å². The highest BCUT2D eigenvalue weighted by Gasteiger charge is 2.18. The summed E-state index contributed by atoms with van der Waals surface area (Å²) in [6.45, 7) is 0.354. The second kappa shape index (κ2) is 5.85. The number of carboxylic acids is 1. The van der Waals surface area contributed by atoms with Crippen LogP contribution < -0.4 is 4.72 Å². The van der Waals surface area contributed by atoms with Gasteiger partial charge in [-0.3, -0.25) is 0 Å². The van der Waals surface area contributed by atoms with Crippen molar-refractivity contribution < 1.29 is 18.3 Å². The molecule has 1 heterocycles. The zero-order valence-corrected chi connectivity index (χ0v) is 11.9. The van der Waals surface area contributed by atoms with Gasteiger partial charge < -0.3 is 5.11 Å². The summed E-state index contributed by atoms with van der Waals surface area (Å²) in [6, 6.07) is 1.18. The Morgan fingerprint density at radius 1 is 1.47 bits per heavy atom. The fourth-order valence-electron chi connectivity index (χ4n) is 1.97. The summed E-state index contributed by atoms with van der Waals surface area (Å²) in [6.07, 6.45) is 6.14. The molecular formula is C12H15NO4S2. The quantitative estimate of drug-likeness (QED) is 0.789. The van der Waals surface area contributed by atoms with Gasteiger partial charge in [0, 0.05) is 11.9 Å². The highest BCUT2D eigenvalue weighted by molar-refractivity contribution is 7.89. The molecule has 1 aromatic rings. The number of rotatable bonds is 6. The minimum atomic E-state index is -3.59. The minimum absolute atomic E-state index is 0.0234. The molecule has 0 bridgehead atoms. The van der Waals surface area contributed by atoms with E-state index in [1.54, 1.807) is 0 Å². The molecule has 0 spiro atoms. The number of aromatic carboxylic acids is 1. The standard InChI is InChI=1S/C12H15NO4S2/c14-12(15)11-7-10(8-18-11)19(16,17)13-6-5-9-3-1-2-4-9/h3,7-8,13H,1-2,4-6H2,(H,14,15). The summed E-state index contributed by atoms with van der Waals surface area (Å²) < 4.78 is 26.3. The first-order chi connectivity index (χ1) is 8.99. The summed E-state index contributed by atoms with van der Waals surface area (Å²) >= 11 is 0.913. The van der Waals surface area contributed by atoms with E-state index in [1.165, 1.54) is 17.0 Å². The number of hydrogen-bond donors (Lipinski definition) is 2. The molecule has 1 aliphatic carbocycles. The molecule has 1 aliphatic rings. The fraction of sp³-hybridized carbons (Fsp3) is 0.417. The summed E-state index contributed by atoms with van der Waals surface area (Å²) in [4.78, 5) is 10.8. The van der Waals surface area contributed by atoms with E-state index in [2.05, 4.69) is 10.8 Å². The third-order valence-corrected chi connectivity index (χ3v) is 5.48. The van der Waals surface area contributed by atoms with E-state index in [4.69, 9.17) is 5.11 Å². The van der Waals surface area contributed by atoms with Crippen molar-refractivity contribution in [3.63, 3.8) is 0 Å². The number of carbonyl (C=O) groups is 1. The summed E-state index contributed by atoms with van der Waals surface area (Å²) in [5.74, 6) is -1.11. The second-order valence-electron chi connectivity index (χ2n) is 4.35. The molecule has 2 rings (SSSR count). The lowest BCUT2D eigenvalue weighted by atomic mass is 10.2. The normalized spacial score (nSPS) is 15.5. The van der Waals surface area contributed by atoms with Gasteiger partial charge in [0.05, 0.1) is 4.90 Å². The molecule has 7 heteroatoms. The Balaban J connectivity index is 1.95. The van der Waals surface area contributed by atoms with E-state index in [0.717, 1.165) is 37.0 Å². The Hall–Kier alpha value is -1.18. The van der Waals surface area contributed by atoms with E-state index >= 15 is 0 Å². The maximum Gasteiger partial charge on any atom is 0.345 e. The first-order valence-electron chi connectivity index (χ1n) is 5.98. The fourth-order valence-corrected chi connectivity index (χ4v) is 4.11. The highest BCUT2D eigenvalue weighted by Crippen LogP contribution is 2.21. The molecule has 1 aromatic heterocycles. The zero-order chi connectivity index (χ0) is 13.9. The molecule has 19 heavy (non-hydrogen) atoms. The molecule has 0 atom stereocenters. The SMILES string of the molecule is O=C(O)c1cc(S(=O)(=O)NCCC2=CCCC2)cs1. The maximum absolute atomic E-state index is 11.9. The lowest BCUT2D eigenvalue weighted by Crippen LogP contribution is -2.24. The minimum Gasteiger partial charge on any atom is -0.477 e. The van der Waals surface area contributed by atoms with Crippen molar-refractivity contribution in [3.05, 3.63) is 28.0 Å². The number of carboxylic acid groups (broad SMARTS) is 1. The van der Waals surface area contributed by atoms with Gasteiger partial charge in [0.15, 0.2) is 0 Å². The van der Waals surface area contributed by atoms with Crippen LogP contribution in [0, 0.1) is 0 Å². The van der Waals surface area contributed by atoms with E-state index in [0.29, 0.717) is 6.54 Å². The maximum atomic E-state index is 11.9. The largest absolute Gasteiger partial charge is 0.477 e. The third-order valence-electron chi connectivity index (χ3n) is 2.97. The lowest BCUT2D eigenvalue weighted by Gasteiger charge is -2.05. The van der Waals surface area contributed by atoms with Crippen molar-refractivity contribution in [1.82, 2.24) is 4.72 Å². The van der Waals surface area contributed by atoms with Crippen molar-refractivity contribution in [2.45, 2.75) is 30.6 Å². The van der Waals surface area contributed by atoms with Crippen LogP contribution in [0.4, 0.5) is 0 Å². The predicted octanol–water partition coefficient (Wildman–Crippen LogP) is 2.23. The van der Waals surface area contributed by atoms with Crippen molar-refractivity contribution >= 4 is 27.3 Å². The first-order valence-corrected chi connectivity index (χ1v) is 8.35. The van der Waals surface area contributed by atoms with Crippen molar-refractivity contribution in [3.8, 4) is 0 Å². The molecule has 0 radical (unpaired) electrons. The Morgan fingerprint density at radius 3 is 2.84 bits per heavy atom. The average molecular weight is 301 g/mol.